The zero-order valence-electron chi connectivity index (χ0n) is 14.4. The molecule has 0 radical (unpaired) electrons. The number of thiocarbonyl (C=S) groups is 1. The third-order valence-electron chi connectivity index (χ3n) is 3.36. The minimum atomic E-state index is -0.324. The van der Waals surface area contributed by atoms with Crippen LogP contribution in [0.1, 0.15) is 29.8 Å². The van der Waals surface area contributed by atoms with Gasteiger partial charge in [-0.2, -0.15) is 0 Å². The Hall–Kier alpha value is -2.11. The molecule has 0 aliphatic heterocycles. The average Bonchev–Trinajstić information content (AvgIpc) is 2.56. The van der Waals surface area contributed by atoms with Gasteiger partial charge in [0.2, 0.25) is 0 Å². The highest BCUT2D eigenvalue weighted by molar-refractivity contribution is 7.80. The van der Waals surface area contributed by atoms with Gasteiger partial charge in [-0.1, -0.05) is 43.6 Å². The average molecular weight is 377 g/mol. The quantitative estimate of drug-likeness (QED) is 0.735. The van der Waals surface area contributed by atoms with Gasteiger partial charge in [0.15, 0.2) is 5.11 Å². The molecule has 1 amide bonds. The smallest absolute Gasteiger partial charge is 0.261 e. The molecule has 0 aliphatic carbocycles. The first-order valence-electron chi connectivity index (χ1n) is 7.97. The number of aryl methyl sites for hydroxylation is 1. The van der Waals surface area contributed by atoms with Gasteiger partial charge in [-0.25, -0.2) is 0 Å². The van der Waals surface area contributed by atoms with Crippen LogP contribution in [0.4, 0.5) is 5.69 Å². The standard InChI is InChI=1S/C19H21ClN2O2S/c1-12(2)11-24-17-7-5-4-6-15(17)18(23)22-19(25)21-14-9-8-13(3)16(20)10-14/h4-10,12H,11H2,1-3H3,(H2,21,22,23,25). The Morgan fingerprint density at radius 3 is 2.64 bits per heavy atom. The number of amides is 1. The van der Waals surface area contributed by atoms with Crippen LogP contribution in [-0.2, 0) is 0 Å². The predicted molar refractivity (Wildman–Crippen MR) is 107 cm³/mol. The lowest BCUT2D eigenvalue weighted by Crippen LogP contribution is -2.34. The highest BCUT2D eigenvalue weighted by atomic mass is 35.5. The lowest BCUT2D eigenvalue weighted by atomic mass is 10.2. The molecule has 2 aromatic rings. The molecule has 2 N–H and O–H groups in total. The van der Waals surface area contributed by atoms with E-state index in [-0.39, 0.29) is 11.0 Å². The highest BCUT2D eigenvalue weighted by Crippen LogP contribution is 2.21. The first-order valence-corrected chi connectivity index (χ1v) is 8.75. The number of hydrogen-bond donors (Lipinski definition) is 2. The number of halogens is 1. The summed E-state index contributed by atoms with van der Waals surface area (Å²) in [7, 11) is 0. The summed E-state index contributed by atoms with van der Waals surface area (Å²) in [6.45, 7) is 6.55. The van der Waals surface area contributed by atoms with Crippen molar-refractivity contribution in [3.8, 4) is 5.75 Å². The van der Waals surface area contributed by atoms with Crippen molar-refractivity contribution in [1.29, 1.82) is 0 Å². The minimum Gasteiger partial charge on any atom is -0.492 e. The molecule has 0 bridgehead atoms. The molecule has 2 aromatic carbocycles. The van der Waals surface area contributed by atoms with Gasteiger partial charge in [0.05, 0.1) is 12.2 Å². The lowest BCUT2D eigenvalue weighted by molar-refractivity contribution is 0.0973. The van der Waals surface area contributed by atoms with E-state index >= 15 is 0 Å². The normalized spacial score (nSPS) is 10.4. The first-order chi connectivity index (χ1) is 11.9. The Balaban J connectivity index is 2.03. The van der Waals surface area contributed by atoms with Gasteiger partial charge >= 0.3 is 0 Å². The van der Waals surface area contributed by atoms with Crippen LogP contribution in [0.25, 0.3) is 0 Å². The number of carbonyl (C=O) groups excluding carboxylic acids is 1. The van der Waals surface area contributed by atoms with E-state index < -0.39 is 0 Å². The Kier molecular flexibility index (Phi) is 6.79. The molecular weight excluding hydrogens is 356 g/mol. The molecular formula is C19H21ClN2O2S. The van der Waals surface area contributed by atoms with E-state index in [2.05, 4.69) is 24.5 Å². The molecule has 0 fully saturated rings. The monoisotopic (exact) mass is 376 g/mol. The van der Waals surface area contributed by atoms with Gasteiger partial charge in [0, 0.05) is 10.7 Å². The van der Waals surface area contributed by atoms with Crippen LogP contribution >= 0.6 is 23.8 Å². The summed E-state index contributed by atoms with van der Waals surface area (Å²) in [6, 6.07) is 12.6. The molecule has 0 aromatic heterocycles. The maximum atomic E-state index is 12.5. The van der Waals surface area contributed by atoms with Crippen LogP contribution in [0.5, 0.6) is 5.75 Å². The summed E-state index contributed by atoms with van der Waals surface area (Å²) in [6.07, 6.45) is 0. The Labute approximate surface area is 158 Å². The summed E-state index contributed by atoms with van der Waals surface area (Å²) < 4.78 is 5.71. The Bertz CT molecular complexity index is 778. The first kappa shape index (κ1) is 19.2. The molecule has 0 spiro atoms. The molecule has 132 valence electrons. The largest absolute Gasteiger partial charge is 0.492 e. The van der Waals surface area contributed by atoms with E-state index in [0.29, 0.717) is 34.5 Å². The van der Waals surface area contributed by atoms with Crippen LogP contribution in [0, 0.1) is 12.8 Å². The van der Waals surface area contributed by atoms with Crippen LogP contribution in [0.2, 0.25) is 5.02 Å². The number of para-hydroxylation sites is 1. The molecule has 25 heavy (non-hydrogen) atoms. The van der Waals surface area contributed by atoms with Crippen molar-refractivity contribution in [3.05, 3.63) is 58.6 Å². The van der Waals surface area contributed by atoms with Crippen molar-refractivity contribution >= 4 is 40.5 Å². The van der Waals surface area contributed by atoms with Crippen molar-refractivity contribution in [2.24, 2.45) is 5.92 Å². The van der Waals surface area contributed by atoms with Gasteiger partial charge < -0.3 is 10.1 Å². The van der Waals surface area contributed by atoms with Gasteiger partial charge in [-0.15, -0.1) is 0 Å². The van der Waals surface area contributed by atoms with Crippen molar-refractivity contribution in [1.82, 2.24) is 5.32 Å². The number of anilines is 1. The molecule has 0 heterocycles. The van der Waals surface area contributed by atoms with Gasteiger partial charge in [-0.05, 0) is 54.9 Å². The Morgan fingerprint density at radius 1 is 1.24 bits per heavy atom. The third kappa shape index (κ3) is 5.73. The fraction of sp³-hybridized carbons (Fsp3) is 0.263. The van der Waals surface area contributed by atoms with Crippen LogP contribution in [0.15, 0.2) is 42.5 Å². The number of ether oxygens (including phenoxy) is 1. The molecule has 6 heteroatoms. The van der Waals surface area contributed by atoms with Crippen LogP contribution in [-0.4, -0.2) is 17.6 Å². The topological polar surface area (TPSA) is 50.4 Å². The predicted octanol–water partition coefficient (Wildman–Crippen LogP) is 4.81. The maximum Gasteiger partial charge on any atom is 0.261 e. The van der Waals surface area contributed by atoms with Gasteiger partial charge in [0.25, 0.3) is 5.91 Å². The SMILES string of the molecule is Cc1ccc(NC(=S)NC(=O)c2ccccc2OCC(C)C)cc1Cl. The Morgan fingerprint density at radius 2 is 1.96 bits per heavy atom. The van der Waals surface area contributed by atoms with E-state index in [1.54, 1.807) is 24.3 Å². The zero-order chi connectivity index (χ0) is 18.4. The second kappa shape index (κ2) is 8.83. The lowest BCUT2D eigenvalue weighted by Gasteiger charge is -2.14. The van der Waals surface area contributed by atoms with Crippen LogP contribution < -0.4 is 15.4 Å². The number of benzene rings is 2. The summed E-state index contributed by atoms with van der Waals surface area (Å²) in [5, 5.41) is 6.45. The number of hydrogen-bond acceptors (Lipinski definition) is 3. The second-order valence-corrected chi connectivity index (χ2v) is 6.89. The summed E-state index contributed by atoms with van der Waals surface area (Å²) >= 11 is 11.3. The van der Waals surface area contributed by atoms with Crippen molar-refractivity contribution in [3.63, 3.8) is 0 Å². The maximum absolute atomic E-state index is 12.5. The highest BCUT2D eigenvalue weighted by Gasteiger charge is 2.14. The van der Waals surface area contributed by atoms with E-state index in [1.165, 1.54) is 0 Å². The third-order valence-corrected chi connectivity index (χ3v) is 3.97. The molecule has 0 saturated heterocycles. The number of nitrogens with one attached hydrogen (secondary N) is 2. The molecule has 0 saturated carbocycles. The van der Waals surface area contributed by atoms with Gasteiger partial charge in [0.1, 0.15) is 5.75 Å². The van der Waals surface area contributed by atoms with Crippen molar-refractivity contribution in [2.75, 3.05) is 11.9 Å². The molecule has 4 nitrogen and oxygen atoms in total. The van der Waals surface area contributed by atoms with E-state index in [4.69, 9.17) is 28.6 Å². The summed E-state index contributed by atoms with van der Waals surface area (Å²) in [5.41, 5.74) is 2.12. The molecule has 0 aliphatic rings. The molecule has 0 atom stereocenters. The molecule has 2 rings (SSSR count). The number of carbonyl (C=O) groups is 1. The van der Waals surface area contributed by atoms with Crippen molar-refractivity contribution < 1.29 is 9.53 Å². The van der Waals surface area contributed by atoms with E-state index in [1.807, 2.05) is 25.1 Å². The van der Waals surface area contributed by atoms with Crippen molar-refractivity contribution in [2.45, 2.75) is 20.8 Å². The zero-order valence-corrected chi connectivity index (χ0v) is 16.0. The fourth-order valence-electron chi connectivity index (χ4n) is 2.04. The minimum absolute atomic E-state index is 0.198. The van der Waals surface area contributed by atoms with E-state index in [9.17, 15) is 4.79 Å². The summed E-state index contributed by atoms with van der Waals surface area (Å²) in [5.74, 6) is 0.579. The van der Waals surface area contributed by atoms with Gasteiger partial charge in [-0.3, -0.25) is 10.1 Å². The number of rotatable bonds is 5. The fourth-order valence-corrected chi connectivity index (χ4v) is 2.43. The van der Waals surface area contributed by atoms with Crippen LogP contribution in [0.3, 0.4) is 0 Å². The van der Waals surface area contributed by atoms with E-state index in [0.717, 1.165) is 5.56 Å². The molecule has 0 unspecified atom stereocenters. The second-order valence-electron chi connectivity index (χ2n) is 6.07. The summed E-state index contributed by atoms with van der Waals surface area (Å²) in [4.78, 5) is 12.5.